The molecule has 2 heterocycles. The number of sulfonamides is 1. The molecule has 148 valence electrons. The number of hydrogen-bond acceptors (Lipinski definition) is 4. The molecule has 0 aliphatic rings. The van der Waals surface area contributed by atoms with Gasteiger partial charge in [0.25, 0.3) is 0 Å². The third kappa shape index (κ3) is 4.51. The second-order valence-corrected chi connectivity index (χ2v) is 8.12. The van der Waals surface area contributed by atoms with Crippen LogP contribution in [-0.2, 0) is 29.8 Å². The fourth-order valence-corrected chi connectivity index (χ4v) is 3.73. The second kappa shape index (κ2) is 7.53. The average Bonchev–Trinajstić information content (AvgIpc) is 3.06. The van der Waals surface area contributed by atoms with E-state index < -0.39 is 31.7 Å². The number of benzene rings is 1. The molecule has 0 atom stereocenters. The molecule has 11 heteroatoms. The van der Waals surface area contributed by atoms with Gasteiger partial charge in [-0.15, -0.1) is 0 Å². The van der Waals surface area contributed by atoms with E-state index in [0.29, 0.717) is 11.6 Å². The van der Waals surface area contributed by atoms with Crippen molar-refractivity contribution in [3.8, 4) is 11.1 Å². The van der Waals surface area contributed by atoms with Crippen molar-refractivity contribution >= 4 is 21.6 Å². The quantitative estimate of drug-likeness (QED) is 0.670. The summed E-state index contributed by atoms with van der Waals surface area (Å²) in [6.07, 6.45) is 1.72. The Labute approximate surface area is 164 Å². The number of aromatic nitrogens is 3. The molecule has 0 aliphatic carbocycles. The number of halogens is 4. The molecule has 0 bridgehead atoms. The monoisotopic (exact) mass is 430 g/mol. The van der Waals surface area contributed by atoms with Crippen LogP contribution in [0.3, 0.4) is 0 Å². The lowest BCUT2D eigenvalue weighted by molar-refractivity contribution is -0.137. The van der Waals surface area contributed by atoms with Crippen molar-refractivity contribution in [1.29, 1.82) is 0 Å². The Morgan fingerprint density at radius 2 is 1.89 bits per heavy atom. The van der Waals surface area contributed by atoms with Crippen molar-refractivity contribution in [2.75, 3.05) is 0 Å². The highest BCUT2D eigenvalue weighted by atomic mass is 35.5. The predicted octanol–water partition coefficient (Wildman–Crippen LogP) is 3.63. The summed E-state index contributed by atoms with van der Waals surface area (Å²) >= 11 is 5.53. The van der Waals surface area contributed by atoms with Crippen molar-refractivity contribution in [2.45, 2.75) is 17.6 Å². The van der Waals surface area contributed by atoms with Crippen LogP contribution in [0.1, 0.15) is 11.1 Å². The molecular weight excluding hydrogens is 417 g/mol. The predicted molar refractivity (Wildman–Crippen MR) is 96.9 cm³/mol. The minimum atomic E-state index is -4.76. The molecule has 0 amide bonds. The van der Waals surface area contributed by atoms with Crippen LogP contribution in [0.2, 0.25) is 5.02 Å². The standard InChI is InChI=1S/C17H14ClF3N4O2S/c1-25-10-13(9-23-25)12-4-11(6-22-8-12)7-24-28(26,27)14-2-3-16(18)15(5-14)17(19,20)21/h2-6,8-10,24H,7H2,1H3. The number of rotatable bonds is 5. The van der Waals surface area contributed by atoms with Crippen LogP contribution in [0, 0.1) is 0 Å². The van der Waals surface area contributed by atoms with E-state index in [2.05, 4.69) is 14.8 Å². The minimum absolute atomic E-state index is 0.145. The molecule has 1 N–H and O–H groups in total. The highest BCUT2D eigenvalue weighted by Crippen LogP contribution is 2.35. The van der Waals surface area contributed by atoms with Crippen LogP contribution in [0.15, 0.2) is 53.9 Å². The van der Waals surface area contributed by atoms with Gasteiger partial charge in [0.1, 0.15) is 0 Å². The Hall–Kier alpha value is -2.43. The summed E-state index contributed by atoms with van der Waals surface area (Å²) in [5, 5.41) is 3.49. The molecule has 28 heavy (non-hydrogen) atoms. The highest BCUT2D eigenvalue weighted by Gasteiger charge is 2.34. The zero-order chi connectivity index (χ0) is 20.5. The lowest BCUT2D eigenvalue weighted by Crippen LogP contribution is -2.24. The summed E-state index contributed by atoms with van der Waals surface area (Å²) in [6, 6.07) is 4.15. The van der Waals surface area contributed by atoms with Gasteiger partial charge in [0.05, 0.1) is 21.7 Å². The number of nitrogens with one attached hydrogen (secondary N) is 1. The smallest absolute Gasteiger partial charge is 0.275 e. The molecule has 6 nitrogen and oxygen atoms in total. The van der Waals surface area contributed by atoms with Gasteiger partial charge < -0.3 is 0 Å². The van der Waals surface area contributed by atoms with Gasteiger partial charge in [-0.1, -0.05) is 11.6 Å². The molecule has 3 aromatic rings. The van der Waals surface area contributed by atoms with Gasteiger partial charge in [0, 0.05) is 43.3 Å². The lowest BCUT2D eigenvalue weighted by Gasteiger charge is -2.12. The van der Waals surface area contributed by atoms with Gasteiger partial charge in [-0.25, -0.2) is 13.1 Å². The molecule has 0 fully saturated rings. The van der Waals surface area contributed by atoms with Crippen LogP contribution >= 0.6 is 11.6 Å². The van der Waals surface area contributed by atoms with Crippen molar-refractivity contribution in [2.24, 2.45) is 7.05 Å². The summed E-state index contributed by atoms with van der Waals surface area (Å²) in [5.41, 5.74) is 0.857. The Morgan fingerprint density at radius 1 is 1.14 bits per heavy atom. The number of nitrogens with zero attached hydrogens (tertiary/aromatic N) is 3. The molecule has 0 saturated heterocycles. The zero-order valence-electron chi connectivity index (χ0n) is 14.4. The van der Waals surface area contributed by atoms with Crippen LogP contribution < -0.4 is 4.72 Å². The maximum absolute atomic E-state index is 13.0. The summed E-state index contributed by atoms with van der Waals surface area (Å²) in [5.74, 6) is 0. The van der Waals surface area contributed by atoms with E-state index in [4.69, 9.17) is 11.6 Å². The molecule has 0 aliphatic heterocycles. The van der Waals surface area contributed by atoms with E-state index in [0.717, 1.165) is 23.3 Å². The SMILES string of the molecule is Cn1cc(-c2cncc(CNS(=O)(=O)c3ccc(Cl)c(C(F)(F)F)c3)c2)cn1. The fraction of sp³-hybridized carbons (Fsp3) is 0.176. The van der Waals surface area contributed by atoms with Crippen molar-refractivity contribution in [3.63, 3.8) is 0 Å². The van der Waals surface area contributed by atoms with Crippen LogP contribution in [0.4, 0.5) is 13.2 Å². The van der Waals surface area contributed by atoms with Crippen LogP contribution in [0.25, 0.3) is 11.1 Å². The average molecular weight is 431 g/mol. The minimum Gasteiger partial charge on any atom is -0.275 e. The molecule has 1 aromatic carbocycles. The van der Waals surface area contributed by atoms with E-state index in [1.165, 1.54) is 6.20 Å². The largest absolute Gasteiger partial charge is 0.417 e. The van der Waals surface area contributed by atoms with E-state index in [1.54, 1.807) is 36.4 Å². The first-order chi connectivity index (χ1) is 13.1. The molecule has 0 radical (unpaired) electrons. The van der Waals surface area contributed by atoms with Crippen molar-refractivity contribution in [1.82, 2.24) is 19.5 Å². The van der Waals surface area contributed by atoms with E-state index in [-0.39, 0.29) is 6.54 Å². The number of aryl methyl sites for hydroxylation is 1. The van der Waals surface area contributed by atoms with E-state index in [9.17, 15) is 21.6 Å². The van der Waals surface area contributed by atoms with Gasteiger partial charge in [0.2, 0.25) is 10.0 Å². The third-order valence-corrected chi connectivity index (χ3v) is 5.58. The Bertz CT molecular complexity index is 1110. The first kappa shape index (κ1) is 20.3. The Balaban J connectivity index is 1.81. The molecule has 2 aromatic heterocycles. The Kier molecular flexibility index (Phi) is 5.46. The summed E-state index contributed by atoms with van der Waals surface area (Å²) < 4.78 is 67.6. The van der Waals surface area contributed by atoms with Crippen molar-refractivity contribution < 1.29 is 21.6 Å². The van der Waals surface area contributed by atoms with Crippen LogP contribution in [-0.4, -0.2) is 23.2 Å². The maximum Gasteiger partial charge on any atom is 0.417 e. The van der Waals surface area contributed by atoms with E-state index in [1.807, 2.05) is 0 Å². The third-order valence-electron chi connectivity index (χ3n) is 3.85. The zero-order valence-corrected chi connectivity index (χ0v) is 16.0. The molecule has 0 unspecified atom stereocenters. The Morgan fingerprint density at radius 3 is 2.54 bits per heavy atom. The number of alkyl halides is 3. The lowest BCUT2D eigenvalue weighted by atomic mass is 10.1. The highest BCUT2D eigenvalue weighted by molar-refractivity contribution is 7.89. The summed E-state index contributed by atoms with van der Waals surface area (Å²) in [4.78, 5) is 3.54. The van der Waals surface area contributed by atoms with Gasteiger partial charge in [-0.2, -0.15) is 18.3 Å². The number of hydrogen-bond donors (Lipinski definition) is 1. The van der Waals surface area contributed by atoms with Crippen molar-refractivity contribution in [3.05, 3.63) is 65.2 Å². The fourth-order valence-electron chi connectivity index (χ4n) is 2.46. The first-order valence-electron chi connectivity index (χ1n) is 7.85. The topological polar surface area (TPSA) is 76.9 Å². The summed E-state index contributed by atoms with van der Waals surface area (Å²) in [7, 11) is -2.42. The summed E-state index contributed by atoms with van der Waals surface area (Å²) in [6.45, 7) is -0.145. The molecule has 3 rings (SSSR count). The van der Waals surface area contributed by atoms with Gasteiger partial charge in [-0.05, 0) is 29.8 Å². The van der Waals surface area contributed by atoms with Gasteiger partial charge in [0.15, 0.2) is 0 Å². The number of pyridine rings is 1. The molecule has 0 spiro atoms. The normalized spacial score (nSPS) is 12.3. The second-order valence-electron chi connectivity index (χ2n) is 5.95. The van der Waals surface area contributed by atoms with Gasteiger partial charge in [-0.3, -0.25) is 9.67 Å². The first-order valence-corrected chi connectivity index (χ1v) is 9.72. The molecule has 0 saturated carbocycles. The van der Waals surface area contributed by atoms with E-state index >= 15 is 0 Å². The molecular formula is C17H14ClF3N4O2S. The maximum atomic E-state index is 13.0. The van der Waals surface area contributed by atoms with Gasteiger partial charge >= 0.3 is 6.18 Å². The van der Waals surface area contributed by atoms with Crippen LogP contribution in [0.5, 0.6) is 0 Å².